The molecule has 2 rings (SSSR count). The molecule has 0 spiro atoms. The van der Waals surface area contributed by atoms with Gasteiger partial charge >= 0.3 is 0 Å². The van der Waals surface area contributed by atoms with Gasteiger partial charge in [0.05, 0.1) is 6.54 Å². The monoisotopic (exact) mass is 235 g/mol. The highest BCUT2D eigenvalue weighted by Gasteiger charge is 2.20. The van der Waals surface area contributed by atoms with Gasteiger partial charge in [-0.2, -0.15) is 5.10 Å². The topological polar surface area (TPSA) is 29.9 Å². The van der Waals surface area contributed by atoms with Crippen molar-refractivity contribution in [2.45, 2.75) is 64.6 Å². The Kier molecular flexibility index (Phi) is 4.60. The van der Waals surface area contributed by atoms with Gasteiger partial charge < -0.3 is 5.32 Å². The van der Waals surface area contributed by atoms with E-state index in [1.54, 1.807) is 0 Å². The van der Waals surface area contributed by atoms with Crippen LogP contribution in [0.15, 0.2) is 18.5 Å². The molecule has 3 heteroatoms. The number of nitrogens with zero attached hydrogens (tertiary/aromatic N) is 2. The van der Waals surface area contributed by atoms with Gasteiger partial charge in [-0.3, -0.25) is 4.68 Å². The van der Waals surface area contributed by atoms with Crippen molar-refractivity contribution in [3.8, 4) is 0 Å². The van der Waals surface area contributed by atoms with E-state index in [9.17, 15) is 0 Å². The van der Waals surface area contributed by atoms with Gasteiger partial charge in [0.1, 0.15) is 0 Å². The summed E-state index contributed by atoms with van der Waals surface area (Å²) in [5.74, 6) is 0.981. The Morgan fingerprint density at radius 3 is 2.71 bits per heavy atom. The molecule has 1 heterocycles. The second kappa shape index (κ2) is 6.20. The van der Waals surface area contributed by atoms with Crippen molar-refractivity contribution in [1.29, 1.82) is 0 Å². The molecule has 0 bridgehead atoms. The lowest BCUT2D eigenvalue weighted by Crippen LogP contribution is -2.41. The summed E-state index contributed by atoms with van der Waals surface area (Å²) in [6, 6.07) is 3.22. The Bertz CT molecular complexity index is 299. The minimum absolute atomic E-state index is 0.512. The van der Waals surface area contributed by atoms with Gasteiger partial charge in [0, 0.05) is 24.5 Å². The molecule has 3 nitrogen and oxygen atoms in total. The predicted molar refractivity (Wildman–Crippen MR) is 70.9 cm³/mol. The molecular formula is C14H25N3. The fraction of sp³-hybridized carbons (Fsp3) is 0.786. The quantitative estimate of drug-likeness (QED) is 0.850. The molecule has 0 saturated heterocycles. The van der Waals surface area contributed by atoms with Crippen LogP contribution in [0.1, 0.15) is 46.0 Å². The molecule has 0 aliphatic heterocycles. The van der Waals surface area contributed by atoms with Crippen molar-refractivity contribution in [2.75, 3.05) is 0 Å². The fourth-order valence-electron chi connectivity index (χ4n) is 2.88. The summed E-state index contributed by atoms with van der Waals surface area (Å²) in [4.78, 5) is 0. The standard InChI is InChI=1S/C14H25N3/c1-3-13-5-7-14(8-6-13)16-12(2)11-17-10-4-9-15-17/h4,9-10,12-14,16H,3,5-8,11H2,1-2H3. The van der Waals surface area contributed by atoms with Crippen LogP contribution in [0.2, 0.25) is 0 Å². The molecule has 1 aliphatic carbocycles. The summed E-state index contributed by atoms with van der Waals surface area (Å²) in [5, 5.41) is 7.99. The van der Waals surface area contributed by atoms with E-state index in [1.165, 1.54) is 32.1 Å². The van der Waals surface area contributed by atoms with Crippen molar-refractivity contribution in [2.24, 2.45) is 5.92 Å². The number of hydrogen-bond donors (Lipinski definition) is 1. The Labute approximate surface area is 105 Å². The molecule has 1 atom stereocenters. The lowest BCUT2D eigenvalue weighted by molar-refractivity contribution is 0.264. The zero-order chi connectivity index (χ0) is 12.1. The van der Waals surface area contributed by atoms with Crippen LogP contribution in [0.5, 0.6) is 0 Å². The summed E-state index contributed by atoms with van der Waals surface area (Å²) in [6.45, 7) is 5.55. The third-order valence-electron chi connectivity index (χ3n) is 3.96. The van der Waals surface area contributed by atoms with E-state index < -0.39 is 0 Å². The smallest absolute Gasteiger partial charge is 0.0560 e. The molecule has 1 aromatic rings. The first-order valence-corrected chi connectivity index (χ1v) is 7.01. The molecule has 1 unspecified atom stereocenters. The Morgan fingerprint density at radius 2 is 2.12 bits per heavy atom. The second-order valence-corrected chi connectivity index (χ2v) is 5.42. The van der Waals surface area contributed by atoms with Crippen molar-refractivity contribution < 1.29 is 0 Å². The average molecular weight is 235 g/mol. The lowest BCUT2D eigenvalue weighted by atomic mass is 9.84. The minimum atomic E-state index is 0.512. The largest absolute Gasteiger partial charge is 0.310 e. The summed E-state index contributed by atoms with van der Waals surface area (Å²) in [5.41, 5.74) is 0. The van der Waals surface area contributed by atoms with Crippen LogP contribution >= 0.6 is 0 Å². The third-order valence-corrected chi connectivity index (χ3v) is 3.96. The lowest BCUT2D eigenvalue weighted by Gasteiger charge is -2.30. The van der Waals surface area contributed by atoms with Gasteiger partial charge in [-0.25, -0.2) is 0 Å². The minimum Gasteiger partial charge on any atom is -0.310 e. The van der Waals surface area contributed by atoms with Gasteiger partial charge in [-0.05, 0) is 44.6 Å². The van der Waals surface area contributed by atoms with E-state index in [-0.39, 0.29) is 0 Å². The maximum atomic E-state index is 4.25. The van der Waals surface area contributed by atoms with Gasteiger partial charge in [0.2, 0.25) is 0 Å². The first kappa shape index (κ1) is 12.6. The molecule has 0 amide bonds. The van der Waals surface area contributed by atoms with Gasteiger partial charge in [0.25, 0.3) is 0 Å². The number of hydrogen-bond acceptors (Lipinski definition) is 2. The number of rotatable bonds is 5. The molecule has 96 valence electrons. The van der Waals surface area contributed by atoms with E-state index in [4.69, 9.17) is 0 Å². The van der Waals surface area contributed by atoms with Crippen LogP contribution in [0.3, 0.4) is 0 Å². The predicted octanol–water partition coefficient (Wildman–Crippen LogP) is 2.83. The normalized spacial score (nSPS) is 26.9. The average Bonchev–Trinajstić information content (AvgIpc) is 2.82. The van der Waals surface area contributed by atoms with E-state index in [0.717, 1.165) is 18.5 Å². The summed E-state index contributed by atoms with van der Waals surface area (Å²) >= 11 is 0. The summed E-state index contributed by atoms with van der Waals surface area (Å²) in [6.07, 6.45) is 10.7. The highest BCUT2D eigenvalue weighted by molar-refractivity contribution is 4.81. The van der Waals surface area contributed by atoms with Gasteiger partial charge in [0.15, 0.2) is 0 Å². The van der Waals surface area contributed by atoms with Crippen LogP contribution in [0.4, 0.5) is 0 Å². The van der Waals surface area contributed by atoms with Crippen LogP contribution in [-0.2, 0) is 6.54 Å². The van der Waals surface area contributed by atoms with E-state index in [2.05, 4.69) is 24.3 Å². The maximum absolute atomic E-state index is 4.25. The Hall–Kier alpha value is -0.830. The molecule has 1 aromatic heterocycles. The van der Waals surface area contributed by atoms with Crippen molar-refractivity contribution in [1.82, 2.24) is 15.1 Å². The molecule has 1 saturated carbocycles. The fourth-order valence-corrected chi connectivity index (χ4v) is 2.88. The van der Waals surface area contributed by atoms with E-state index in [1.807, 2.05) is 23.1 Å². The molecule has 1 fully saturated rings. The molecule has 1 aliphatic rings. The molecule has 1 N–H and O–H groups in total. The molecule has 17 heavy (non-hydrogen) atoms. The molecule has 0 radical (unpaired) electrons. The van der Waals surface area contributed by atoms with Crippen molar-refractivity contribution in [3.05, 3.63) is 18.5 Å². The molecule has 0 aromatic carbocycles. The Morgan fingerprint density at radius 1 is 1.35 bits per heavy atom. The van der Waals surface area contributed by atoms with E-state index in [0.29, 0.717) is 6.04 Å². The first-order valence-electron chi connectivity index (χ1n) is 7.01. The zero-order valence-electron chi connectivity index (χ0n) is 11.1. The van der Waals surface area contributed by atoms with Crippen LogP contribution < -0.4 is 5.32 Å². The Balaban J connectivity index is 1.70. The highest BCUT2D eigenvalue weighted by Crippen LogP contribution is 2.26. The SMILES string of the molecule is CCC1CCC(NC(C)Cn2cccn2)CC1. The van der Waals surface area contributed by atoms with Crippen molar-refractivity contribution in [3.63, 3.8) is 0 Å². The number of aromatic nitrogens is 2. The maximum Gasteiger partial charge on any atom is 0.0560 e. The molecular weight excluding hydrogens is 210 g/mol. The van der Waals surface area contributed by atoms with Gasteiger partial charge in [-0.1, -0.05) is 13.3 Å². The number of nitrogens with one attached hydrogen (secondary N) is 1. The summed E-state index contributed by atoms with van der Waals surface area (Å²) < 4.78 is 2.01. The van der Waals surface area contributed by atoms with Crippen LogP contribution in [0.25, 0.3) is 0 Å². The van der Waals surface area contributed by atoms with Gasteiger partial charge in [-0.15, -0.1) is 0 Å². The van der Waals surface area contributed by atoms with E-state index >= 15 is 0 Å². The van der Waals surface area contributed by atoms with Crippen LogP contribution in [-0.4, -0.2) is 21.9 Å². The zero-order valence-corrected chi connectivity index (χ0v) is 11.1. The highest BCUT2D eigenvalue weighted by atomic mass is 15.3. The van der Waals surface area contributed by atoms with Crippen molar-refractivity contribution >= 4 is 0 Å². The third kappa shape index (κ3) is 3.84. The first-order chi connectivity index (χ1) is 8.28. The summed E-state index contributed by atoms with van der Waals surface area (Å²) in [7, 11) is 0. The van der Waals surface area contributed by atoms with Crippen LogP contribution in [0, 0.1) is 5.92 Å². The second-order valence-electron chi connectivity index (χ2n) is 5.42.